The smallest absolute Gasteiger partial charge is 0.264 e. The van der Waals surface area contributed by atoms with E-state index in [4.69, 9.17) is 4.74 Å². The van der Waals surface area contributed by atoms with Crippen LogP contribution in [0.1, 0.15) is 45.7 Å². The molecule has 41 heavy (non-hydrogen) atoms. The minimum absolute atomic E-state index is 0.0198. The molecule has 220 valence electrons. The summed E-state index contributed by atoms with van der Waals surface area (Å²) in [5.41, 5.74) is 1.56. The first-order chi connectivity index (χ1) is 19.2. The van der Waals surface area contributed by atoms with E-state index in [0.717, 1.165) is 19.9 Å². The number of nitrogens with zero attached hydrogens (tertiary/aromatic N) is 2. The van der Waals surface area contributed by atoms with Crippen LogP contribution in [0.25, 0.3) is 0 Å². The largest absolute Gasteiger partial charge is 0.494 e. The zero-order valence-electron chi connectivity index (χ0n) is 24.3. The maximum Gasteiger partial charge on any atom is 0.264 e. The summed E-state index contributed by atoms with van der Waals surface area (Å²) >= 11 is 3.46. The third-order valence-corrected chi connectivity index (χ3v) is 8.51. The van der Waals surface area contributed by atoms with Crippen molar-refractivity contribution in [3.05, 3.63) is 88.4 Å². The fourth-order valence-electron chi connectivity index (χ4n) is 4.13. The summed E-state index contributed by atoms with van der Waals surface area (Å²) in [7, 11) is -4.16. The lowest BCUT2D eigenvalue weighted by atomic mass is 10.1. The van der Waals surface area contributed by atoms with E-state index in [1.165, 1.54) is 17.0 Å². The predicted octanol–water partition coefficient (Wildman–Crippen LogP) is 5.68. The second-order valence-electron chi connectivity index (χ2n) is 10.8. The Labute approximate surface area is 251 Å². The summed E-state index contributed by atoms with van der Waals surface area (Å²) in [6.07, 6.45) is 0. The highest BCUT2D eigenvalue weighted by molar-refractivity contribution is 9.10. The highest BCUT2D eigenvalue weighted by Crippen LogP contribution is 2.26. The quantitative estimate of drug-likeness (QED) is 0.290. The molecule has 0 bridgehead atoms. The number of amides is 2. The lowest BCUT2D eigenvalue weighted by Gasteiger charge is -2.33. The Morgan fingerprint density at radius 3 is 2.20 bits per heavy atom. The number of rotatable bonds is 11. The Morgan fingerprint density at radius 2 is 1.63 bits per heavy atom. The van der Waals surface area contributed by atoms with Gasteiger partial charge in [-0.2, -0.15) is 0 Å². The summed E-state index contributed by atoms with van der Waals surface area (Å²) in [6, 6.07) is 19.6. The molecular formula is C31H38BrN3O5S. The number of hydrogen-bond acceptors (Lipinski definition) is 5. The number of nitrogens with one attached hydrogen (secondary N) is 1. The van der Waals surface area contributed by atoms with Crippen LogP contribution in [0, 0.1) is 6.92 Å². The highest BCUT2D eigenvalue weighted by Gasteiger charge is 2.33. The Bertz CT molecular complexity index is 1450. The molecule has 1 atom stereocenters. The zero-order valence-corrected chi connectivity index (χ0v) is 26.8. The molecule has 0 heterocycles. The van der Waals surface area contributed by atoms with Crippen LogP contribution in [-0.2, 0) is 26.2 Å². The van der Waals surface area contributed by atoms with Crippen molar-refractivity contribution < 1.29 is 22.7 Å². The van der Waals surface area contributed by atoms with Gasteiger partial charge in [0.15, 0.2) is 0 Å². The van der Waals surface area contributed by atoms with Crippen LogP contribution in [0.4, 0.5) is 5.69 Å². The average molecular weight is 645 g/mol. The molecule has 8 nitrogen and oxygen atoms in total. The summed E-state index contributed by atoms with van der Waals surface area (Å²) in [4.78, 5) is 28.7. The van der Waals surface area contributed by atoms with Crippen LogP contribution in [0.2, 0.25) is 0 Å². The van der Waals surface area contributed by atoms with Crippen molar-refractivity contribution in [2.24, 2.45) is 0 Å². The second-order valence-corrected chi connectivity index (χ2v) is 13.6. The molecular weight excluding hydrogens is 606 g/mol. The third kappa shape index (κ3) is 8.81. The first kappa shape index (κ1) is 32.1. The molecule has 0 fully saturated rings. The lowest BCUT2D eigenvalue weighted by Crippen LogP contribution is -2.54. The molecule has 3 aromatic rings. The maximum atomic E-state index is 14.0. The number of carbonyl (C=O) groups is 2. The van der Waals surface area contributed by atoms with Crippen LogP contribution >= 0.6 is 15.9 Å². The van der Waals surface area contributed by atoms with Crippen molar-refractivity contribution in [3.63, 3.8) is 0 Å². The third-order valence-electron chi connectivity index (χ3n) is 6.23. The molecule has 10 heteroatoms. The van der Waals surface area contributed by atoms with Crippen molar-refractivity contribution in [3.8, 4) is 5.75 Å². The molecule has 1 unspecified atom stereocenters. The monoisotopic (exact) mass is 643 g/mol. The van der Waals surface area contributed by atoms with Gasteiger partial charge in [-0.05, 0) is 95.6 Å². The molecule has 0 aliphatic rings. The highest BCUT2D eigenvalue weighted by atomic mass is 79.9. The van der Waals surface area contributed by atoms with Crippen molar-refractivity contribution in [1.82, 2.24) is 10.2 Å². The number of benzene rings is 3. The summed E-state index contributed by atoms with van der Waals surface area (Å²) < 4.78 is 35.3. The number of hydrogen-bond donors (Lipinski definition) is 1. The van der Waals surface area contributed by atoms with E-state index in [1.807, 2.05) is 58.9 Å². The minimum atomic E-state index is -4.16. The Hall–Kier alpha value is -3.37. The van der Waals surface area contributed by atoms with Gasteiger partial charge in [-0.3, -0.25) is 13.9 Å². The van der Waals surface area contributed by atoms with Gasteiger partial charge in [0.1, 0.15) is 18.3 Å². The molecule has 1 N–H and O–H groups in total. The van der Waals surface area contributed by atoms with E-state index < -0.39 is 34.1 Å². The van der Waals surface area contributed by atoms with Crippen molar-refractivity contribution in [2.75, 3.05) is 17.5 Å². The van der Waals surface area contributed by atoms with Crippen LogP contribution in [0.5, 0.6) is 5.75 Å². The summed E-state index contributed by atoms with van der Waals surface area (Å²) in [5, 5.41) is 2.93. The van der Waals surface area contributed by atoms with Gasteiger partial charge in [0.2, 0.25) is 11.8 Å². The topological polar surface area (TPSA) is 96.0 Å². The van der Waals surface area contributed by atoms with E-state index in [-0.39, 0.29) is 17.3 Å². The van der Waals surface area contributed by atoms with Crippen LogP contribution in [-0.4, -0.2) is 49.9 Å². The molecule has 0 radical (unpaired) electrons. The normalized spacial score (nSPS) is 12.4. The van der Waals surface area contributed by atoms with Crippen LogP contribution in [0.15, 0.2) is 82.2 Å². The van der Waals surface area contributed by atoms with E-state index in [1.54, 1.807) is 43.3 Å². The van der Waals surface area contributed by atoms with Crippen LogP contribution in [0.3, 0.4) is 0 Å². The Morgan fingerprint density at radius 1 is 1.00 bits per heavy atom. The molecule has 0 aliphatic heterocycles. The fourth-order valence-corrected chi connectivity index (χ4v) is 5.99. The second kappa shape index (κ2) is 13.5. The van der Waals surface area contributed by atoms with Gasteiger partial charge in [0.05, 0.1) is 17.2 Å². The molecule has 0 saturated heterocycles. The maximum absolute atomic E-state index is 14.0. The zero-order chi connectivity index (χ0) is 30.4. The fraction of sp³-hybridized carbons (Fsp3) is 0.355. The molecule has 0 aliphatic carbocycles. The predicted molar refractivity (Wildman–Crippen MR) is 165 cm³/mol. The number of sulfonamides is 1. The number of aryl methyl sites for hydroxylation is 1. The van der Waals surface area contributed by atoms with Gasteiger partial charge in [-0.25, -0.2) is 8.42 Å². The minimum Gasteiger partial charge on any atom is -0.494 e. The van der Waals surface area contributed by atoms with E-state index >= 15 is 0 Å². The Kier molecular flexibility index (Phi) is 10.6. The average Bonchev–Trinajstić information content (AvgIpc) is 2.90. The van der Waals surface area contributed by atoms with Crippen molar-refractivity contribution in [1.29, 1.82) is 0 Å². The molecule has 0 spiro atoms. The molecule has 3 aromatic carbocycles. The number of ether oxygens (including phenoxy) is 1. The van der Waals surface area contributed by atoms with E-state index in [9.17, 15) is 18.0 Å². The van der Waals surface area contributed by atoms with Gasteiger partial charge in [-0.1, -0.05) is 45.8 Å². The first-order valence-electron chi connectivity index (χ1n) is 13.4. The van der Waals surface area contributed by atoms with E-state index in [2.05, 4.69) is 21.2 Å². The lowest BCUT2D eigenvalue weighted by molar-refractivity contribution is -0.140. The first-order valence-corrected chi connectivity index (χ1v) is 15.6. The molecule has 0 saturated carbocycles. The standard InChI is InChI=1S/C31H38BrN3O5S/c1-7-40-27-15-17-28(18-16-27)41(38,39)35(26-13-11-22(2)12-14-26)21-29(36)34(20-24-9-8-10-25(32)19-24)23(3)30(37)33-31(4,5)6/h8-19,23H,7,20-21H2,1-6H3,(H,33,37). The number of halogens is 1. The molecule has 3 rings (SSSR count). The van der Waals surface area contributed by atoms with E-state index in [0.29, 0.717) is 18.0 Å². The van der Waals surface area contributed by atoms with Gasteiger partial charge >= 0.3 is 0 Å². The van der Waals surface area contributed by atoms with Crippen molar-refractivity contribution in [2.45, 2.75) is 64.6 Å². The Balaban J connectivity index is 2.03. The molecule has 2 amide bonds. The SMILES string of the molecule is CCOc1ccc(S(=O)(=O)N(CC(=O)N(Cc2cccc(Br)c2)C(C)C(=O)NC(C)(C)C)c2ccc(C)cc2)cc1. The number of anilines is 1. The summed E-state index contributed by atoms with van der Waals surface area (Å²) in [6.45, 7) is 11.0. The summed E-state index contributed by atoms with van der Waals surface area (Å²) in [5.74, 6) is -0.308. The van der Waals surface area contributed by atoms with Gasteiger partial charge in [-0.15, -0.1) is 0 Å². The number of carbonyl (C=O) groups excluding carboxylic acids is 2. The van der Waals surface area contributed by atoms with Crippen LogP contribution < -0.4 is 14.4 Å². The van der Waals surface area contributed by atoms with Gasteiger partial charge in [0, 0.05) is 16.6 Å². The van der Waals surface area contributed by atoms with Gasteiger partial charge in [0.25, 0.3) is 10.0 Å². The van der Waals surface area contributed by atoms with Crippen molar-refractivity contribution >= 4 is 43.5 Å². The molecule has 0 aromatic heterocycles. The van der Waals surface area contributed by atoms with Gasteiger partial charge < -0.3 is 15.0 Å².